The van der Waals surface area contributed by atoms with Gasteiger partial charge >= 0.3 is 11.9 Å². The predicted octanol–water partition coefficient (Wildman–Crippen LogP) is 3.92. The Morgan fingerprint density at radius 1 is 1.16 bits per heavy atom. The molecule has 1 saturated carbocycles. The van der Waals surface area contributed by atoms with Crippen LogP contribution in [0.3, 0.4) is 0 Å². The molecule has 0 spiro atoms. The zero-order chi connectivity index (χ0) is 22.1. The van der Waals surface area contributed by atoms with Gasteiger partial charge in [-0.1, -0.05) is 23.3 Å². The maximum absolute atomic E-state index is 12.1. The molecule has 3 aliphatic carbocycles. The zero-order valence-electron chi connectivity index (χ0n) is 16.5. The standard InChI is InChI=1S/C22H16ClN5O4/c23-11-4-12-13(6-25-18(12)24-5-11)19-26-7-14-15(21(29)30)8-28(20(14)27-19)16-3-9-1-10(2-9)17(16)22(31)32/h3-8,10,16-17H,1-2H2,(H,24,25)(H,29,30)(H,31,32)/t16-,17-/m0/s1. The molecule has 4 heterocycles. The third-order valence-corrected chi connectivity index (χ3v) is 6.68. The first-order valence-electron chi connectivity index (χ1n) is 10.1. The number of aromatic carboxylic acids is 1. The van der Waals surface area contributed by atoms with Crippen molar-refractivity contribution < 1.29 is 19.8 Å². The number of fused-ring (bicyclic) bond motifs is 4. The Morgan fingerprint density at radius 2 is 1.97 bits per heavy atom. The normalized spacial score (nSPS) is 22.0. The van der Waals surface area contributed by atoms with Crippen molar-refractivity contribution >= 4 is 45.6 Å². The van der Waals surface area contributed by atoms with E-state index in [1.165, 1.54) is 24.2 Å². The molecular weight excluding hydrogens is 434 g/mol. The molecule has 10 heteroatoms. The van der Waals surface area contributed by atoms with Crippen LogP contribution in [0, 0.1) is 11.8 Å². The lowest BCUT2D eigenvalue weighted by molar-refractivity contribution is -0.146. The van der Waals surface area contributed by atoms with E-state index < -0.39 is 23.9 Å². The van der Waals surface area contributed by atoms with E-state index in [1.54, 1.807) is 16.8 Å². The van der Waals surface area contributed by atoms with Crippen LogP contribution in [0.2, 0.25) is 5.02 Å². The number of carboxylic acid groups (broad SMARTS) is 2. The Morgan fingerprint density at radius 3 is 2.72 bits per heavy atom. The minimum Gasteiger partial charge on any atom is -0.481 e. The maximum atomic E-state index is 12.1. The third kappa shape index (κ3) is 2.67. The molecule has 0 aromatic carbocycles. The molecule has 2 atom stereocenters. The molecule has 3 aliphatic rings. The first kappa shape index (κ1) is 19.0. The van der Waals surface area contributed by atoms with E-state index in [0.717, 1.165) is 18.2 Å². The summed E-state index contributed by atoms with van der Waals surface area (Å²) in [5.74, 6) is -2.23. The highest BCUT2D eigenvalue weighted by molar-refractivity contribution is 6.31. The van der Waals surface area contributed by atoms with Gasteiger partial charge < -0.3 is 19.8 Å². The van der Waals surface area contributed by atoms with E-state index in [-0.39, 0.29) is 11.5 Å². The summed E-state index contributed by atoms with van der Waals surface area (Å²) in [7, 11) is 0. The average Bonchev–Trinajstić information content (AvgIpc) is 3.33. The Labute approximate surface area is 185 Å². The van der Waals surface area contributed by atoms with Gasteiger partial charge in [-0.2, -0.15) is 0 Å². The van der Waals surface area contributed by atoms with Crippen LogP contribution in [-0.4, -0.2) is 46.7 Å². The molecule has 7 rings (SSSR count). The molecule has 4 aromatic heterocycles. The fourth-order valence-corrected chi connectivity index (χ4v) is 5.11. The molecule has 0 radical (unpaired) electrons. The number of hydrogen-bond acceptors (Lipinski definition) is 5. The van der Waals surface area contributed by atoms with Crippen molar-refractivity contribution in [3.63, 3.8) is 0 Å². The Balaban J connectivity index is 1.58. The minimum absolute atomic E-state index is 0.0389. The fourth-order valence-electron chi connectivity index (χ4n) is 4.95. The minimum atomic E-state index is -1.12. The van der Waals surface area contributed by atoms with Crippen molar-refractivity contribution in [3.05, 3.63) is 53.1 Å². The highest BCUT2D eigenvalue weighted by Crippen LogP contribution is 2.50. The van der Waals surface area contributed by atoms with Crippen molar-refractivity contribution in [1.29, 1.82) is 0 Å². The van der Waals surface area contributed by atoms with Crippen molar-refractivity contribution in [2.24, 2.45) is 11.8 Å². The molecule has 0 saturated heterocycles. The van der Waals surface area contributed by atoms with Gasteiger partial charge in [0, 0.05) is 35.7 Å². The summed E-state index contributed by atoms with van der Waals surface area (Å²) in [6.45, 7) is 0. The highest BCUT2D eigenvalue weighted by atomic mass is 35.5. The van der Waals surface area contributed by atoms with Crippen LogP contribution in [0.25, 0.3) is 33.5 Å². The number of halogens is 1. The van der Waals surface area contributed by atoms with E-state index in [9.17, 15) is 19.8 Å². The third-order valence-electron chi connectivity index (χ3n) is 6.48. The lowest BCUT2D eigenvalue weighted by Crippen LogP contribution is -2.40. The summed E-state index contributed by atoms with van der Waals surface area (Å²) >= 11 is 6.11. The summed E-state index contributed by atoms with van der Waals surface area (Å²) < 4.78 is 1.67. The van der Waals surface area contributed by atoms with Gasteiger partial charge in [0.2, 0.25) is 0 Å². The average molecular weight is 450 g/mol. The van der Waals surface area contributed by atoms with Gasteiger partial charge in [-0.15, -0.1) is 0 Å². The second-order valence-electron chi connectivity index (χ2n) is 8.29. The van der Waals surface area contributed by atoms with Crippen molar-refractivity contribution in [3.8, 4) is 11.4 Å². The zero-order valence-corrected chi connectivity index (χ0v) is 17.2. The second kappa shape index (κ2) is 6.64. The number of carbonyl (C=O) groups is 2. The van der Waals surface area contributed by atoms with Crippen LogP contribution in [0.15, 0.2) is 42.5 Å². The van der Waals surface area contributed by atoms with Crippen LogP contribution in [-0.2, 0) is 4.79 Å². The largest absolute Gasteiger partial charge is 0.481 e. The second-order valence-corrected chi connectivity index (χ2v) is 8.72. The van der Waals surface area contributed by atoms with Gasteiger partial charge in [-0.05, 0) is 24.8 Å². The Kier molecular flexibility index (Phi) is 3.94. The van der Waals surface area contributed by atoms with E-state index in [1.807, 2.05) is 6.08 Å². The fraction of sp³-hybridized carbons (Fsp3) is 0.227. The monoisotopic (exact) mass is 449 g/mol. The molecule has 4 aromatic rings. The molecule has 9 nitrogen and oxygen atoms in total. The molecule has 2 bridgehead atoms. The lowest BCUT2D eigenvalue weighted by atomic mass is 9.64. The smallest absolute Gasteiger partial charge is 0.337 e. The molecule has 32 heavy (non-hydrogen) atoms. The van der Waals surface area contributed by atoms with Crippen molar-refractivity contribution in [2.75, 3.05) is 0 Å². The molecule has 0 unspecified atom stereocenters. The number of hydrogen-bond donors (Lipinski definition) is 3. The van der Waals surface area contributed by atoms with Gasteiger partial charge in [0.05, 0.1) is 27.9 Å². The Hall–Kier alpha value is -3.72. The van der Waals surface area contributed by atoms with Crippen molar-refractivity contribution in [1.82, 2.24) is 24.5 Å². The first-order valence-corrected chi connectivity index (χ1v) is 10.4. The lowest BCUT2D eigenvalue weighted by Gasteiger charge is -2.43. The van der Waals surface area contributed by atoms with Gasteiger partial charge in [0.1, 0.15) is 11.3 Å². The number of carboxylic acids is 2. The summed E-state index contributed by atoms with van der Waals surface area (Å²) in [6.07, 6.45) is 9.71. The van der Waals surface area contributed by atoms with Crippen LogP contribution in [0.5, 0.6) is 0 Å². The van der Waals surface area contributed by atoms with Gasteiger partial charge in [-0.25, -0.2) is 19.7 Å². The van der Waals surface area contributed by atoms with E-state index >= 15 is 0 Å². The molecular formula is C22H16ClN5O4. The van der Waals surface area contributed by atoms with Crippen molar-refractivity contribution in [2.45, 2.75) is 18.9 Å². The summed E-state index contributed by atoms with van der Waals surface area (Å²) in [4.78, 5) is 40.4. The van der Waals surface area contributed by atoms with Crippen LogP contribution < -0.4 is 0 Å². The maximum Gasteiger partial charge on any atom is 0.337 e. The summed E-state index contributed by atoms with van der Waals surface area (Å²) in [6, 6.07) is 1.25. The summed E-state index contributed by atoms with van der Waals surface area (Å²) in [5.41, 5.74) is 2.91. The molecule has 0 aliphatic heterocycles. The molecule has 3 N–H and O–H groups in total. The quantitative estimate of drug-likeness (QED) is 0.402. The SMILES string of the molecule is O=C(O)c1cn([C@H]2C=C3CC(C3)[C@@H]2C(=O)O)c2nc(-c3c[nH]c4ncc(Cl)cc34)ncc12. The molecule has 1 fully saturated rings. The van der Waals surface area contributed by atoms with Gasteiger partial charge in [0.15, 0.2) is 5.82 Å². The summed E-state index contributed by atoms with van der Waals surface area (Å²) in [5, 5.41) is 21.2. The van der Waals surface area contributed by atoms with Crippen LogP contribution in [0.1, 0.15) is 29.2 Å². The number of pyridine rings is 1. The number of allylic oxidation sites excluding steroid dienone is 2. The number of aromatic amines is 1. The number of aromatic nitrogens is 5. The first-order chi connectivity index (χ1) is 15.4. The Bertz CT molecular complexity index is 1480. The number of nitrogens with one attached hydrogen (secondary N) is 1. The number of rotatable bonds is 4. The number of H-pyrrole nitrogens is 1. The predicted molar refractivity (Wildman–Crippen MR) is 116 cm³/mol. The van der Waals surface area contributed by atoms with Crippen LogP contribution in [0.4, 0.5) is 0 Å². The van der Waals surface area contributed by atoms with Gasteiger partial charge in [0.25, 0.3) is 0 Å². The van der Waals surface area contributed by atoms with Crippen LogP contribution >= 0.6 is 11.6 Å². The molecule has 160 valence electrons. The van der Waals surface area contributed by atoms with E-state index in [4.69, 9.17) is 11.6 Å². The highest BCUT2D eigenvalue weighted by Gasteiger charge is 2.45. The van der Waals surface area contributed by atoms with Gasteiger partial charge in [-0.3, -0.25) is 4.79 Å². The topological polar surface area (TPSA) is 134 Å². The van der Waals surface area contributed by atoms with E-state index in [2.05, 4.69) is 19.9 Å². The number of nitrogens with zero attached hydrogens (tertiary/aromatic N) is 4. The molecule has 0 amide bonds. The van der Waals surface area contributed by atoms with E-state index in [0.29, 0.717) is 33.1 Å². The number of aliphatic carboxylic acids is 1.